The van der Waals surface area contributed by atoms with Gasteiger partial charge in [-0.1, -0.05) is 49.6 Å². The van der Waals surface area contributed by atoms with E-state index in [4.69, 9.17) is 9.47 Å². The maximum Gasteiger partial charge on any atom is 0.132 e. The van der Waals surface area contributed by atoms with Crippen LogP contribution < -0.4 is 9.47 Å². The highest BCUT2D eigenvalue weighted by molar-refractivity contribution is 5.78. The van der Waals surface area contributed by atoms with Crippen LogP contribution in [0.15, 0.2) is 74.2 Å². The van der Waals surface area contributed by atoms with Gasteiger partial charge in [0.25, 0.3) is 0 Å². The molecule has 0 aliphatic carbocycles. The lowest BCUT2D eigenvalue weighted by Gasteiger charge is -2.08. The van der Waals surface area contributed by atoms with Crippen molar-refractivity contribution < 1.29 is 14.3 Å². The molecule has 0 aliphatic rings. The van der Waals surface area contributed by atoms with E-state index < -0.39 is 0 Å². The van der Waals surface area contributed by atoms with Crippen molar-refractivity contribution in [2.75, 3.05) is 0 Å². The summed E-state index contributed by atoms with van der Waals surface area (Å²) in [5.74, 6) is 2.06. The van der Waals surface area contributed by atoms with Gasteiger partial charge in [-0.3, -0.25) is 4.79 Å². The topological polar surface area (TPSA) is 35.5 Å². The van der Waals surface area contributed by atoms with Crippen LogP contribution in [0.4, 0.5) is 0 Å². The molecule has 0 amide bonds. The fourth-order valence-electron chi connectivity index (χ4n) is 3.23. The molecule has 0 saturated carbocycles. The van der Waals surface area contributed by atoms with Gasteiger partial charge in [-0.2, -0.15) is 0 Å². The molecule has 28 heavy (non-hydrogen) atoms. The van der Waals surface area contributed by atoms with Crippen molar-refractivity contribution in [3.8, 4) is 11.5 Å². The molecule has 0 saturated heterocycles. The Morgan fingerprint density at radius 2 is 1.14 bits per heavy atom. The molecule has 0 spiro atoms. The van der Waals surface area contributed by atoms with Crippen LogP contribution in [0, 0.1) is 0 Å². The number of ketones is 1. The number of carbonyl (C=O) groups is 1. The van der Waals surface area contributed by atoms with Crippen LogP contribution in [0.2, 0.25) is 0 Å². The number of hydrogen-bond donors (Lipinski definition) is 0. The van der Waals surface area contributed by atoms with Gasteiger partial charge >= 0.3 is 0 Å². The number of rotatable bonds is 14. The van der Waals surface area contributed by atoms with Gasteiger partial charge < -0.3 is 9.47 Å². The van der Waals surface area contributed by atoms with Crippen LogP contribution in [0.1, 0.15) is 49.7 Å². The van der Waals surface area contributed by atoms with E-state index in [0.29, 0.717) is 18.6 Å². The van der Waals surface area contributed by atoms with Crippen molar-refractivity contribution in [2.45, 2.75) is 51.4 Å². The van der Waals surface area contributed by atoms with Gasteiger partial charge in [0.1, 0.15) is 17.3 Å². The predicted molar refractivity (Wildman–Crippen MR) is 115 cm³/mol. The summed E-state index contributed by atoms with van der Waals surface area (Å²) in [6.07, 6.45) is 9.82. The van der Waals surface area contributed by atoms with Gasteiger partial charge in [-0.15, -0.1) is 0 Å². The molecular formula is C25H30O3. The Hall–Kier alpha value is -2.81. The van der Waals surface area contributed by atoms with Crippen LogP contribution in [-0.4, -0.2) is 5.78 Å². The maximum atomic E-state index is 12.1. The third kappa shape index (κ3) is 7.43. The van der Waals surface area contributed by atoms with Crippen LogP contribution in [0.5, 0.6) is 11.5 Å². The Morgan fingerprint density at radius 1 is 0.714 bits per heavy atom. The first kappa shape index (κ1) is 21.5. The molecular weight excluding hydrogens is 348 g/mol. The normalized spacial score (nSPS) is 10.3. The smallest absolute Gasteiger partial charge is 0.132 e. The molecule has 0 atom stereocenters. The first-order valence-electron chi connectivity index (χ1n) is 9.97. The average molecular weight is 379 g/mol. The second kappa shape index (κ2) is 12.6. The van der Waals surface area contributed by atoms with E-state index in [0.717, 1.165) is 61.2 Å². The molecule has 2 aromatic carbocycles. The summed E-state index contributed by atoms with van der Waals surface area (Å²) in [6, 6.07) is 15.9. The minimum absolute atomic E-state index is 0.353. The van der Waals surface area contributed by atoms with E-state index in [9.17, 15) is 4.79 Å². The SMILES string of the molecule is C=COc1ccccc1CCCCC(=O)CCCCc1ccccc1OC=C. The average Bonchev–Trinajstić information content (AvgIpc) is 2.71. The van der Waals surface area contributed by atoms with Crippen molar-refractivity contribution in [3.63, 3.8) is 0 Å². The Morgan fingerprint density at radius 3 is 1.57 bits per heavy atom. The van der Waals surface area contributed by atoms with Gasteiger partial charge in [0.05, 0.1) is 12.5 Å². The van der Waals surface area contributed by atoms with Crippen LogP contribution >= 0.6 is 0 Å². The van der Waals surface area contributed by atoms with E-state index in [1.807, 2.05) is 36.4 Å². The monoisotopic (exact) mass is 378 g/mol. The summed E-state index contributed by atoms with van der Waals surface area (Å²) in [6.45, 7) is 7.21. The van der Waals surface area contributed by atoms with Crippen LogP contribution in [0.3, 0.4) is 0 Å². The van der Waals surface area contributed by atoms with E-state index in [-0.39, 0.29) is 0 Å². The Kier molecular flexibility index (Phi) is 9.64. The minimum Gasteiger partial charge on any atom is -0.465 e. The first-order valence-corrected chi connectivity index (χ1v) is 9.97. The van der Waals surface area contributed by atoms with E-state index in [2.05, 4.69) is 25.3 Å². The van der Waals surface area contributed by atoms with E-state index in [1.165, 1.54) is 12.5 Å². The number of benzene rings is 2. The molecule has 0 radical (unpaired) electrons. The fraction of sp³-hybridized carbons (Fsp3) is 0.320. The number of carbonyl (C=O) groups excluding carboxylic acids is 1. The number of Topliss-reactive ketones (excluding diaryl/α,β-unsaturated/α-hetero) is 1. The molecule has 0 fully saturated rings. The molecule has 0 aliphatic heterocycles. The zero-order chi connectivity index (χ0) is 20.0. The van der Waals surface area contributed by atoms with Crippen molar-refractivity contribution in [1.29, 1.82) is 0 Å². The molecule has 0 N–H and O–H groups in total. The molecule has 2 aromatic rings. The molecule has 0 heterocycles. The lowest BCUT2D eigenvalue weighted by atomic mass is 10.0. The van der Waals surface area contributed by atoms with Gasteiger partial charge in [0.15, 0.2) is 0 Å². The lowest BCUT2D eigenvalue weighted by molar-refractivity contribution is -0.119. The van der Waals surface area contributed by atoms with Crippen LogP contribution in [0.25, 0.3) is 0 Å². The van der Waals surface area contributed by atoms with Gasteiger partial charge in [-0.05, 0) is 61.8 Å². The zero-order valence-corrected chi connectivity index (χ0v) is 16.6. The van der Waals surface area contributed by atoms with Crippen molar-refractivity contribution in [1.82, 2.24) is 0 Å². The molecule has 0 unspecified atom stereocenters. The fourth-order valence-corrected chi connectivity index (χ4v) is 3.23. The van der Waals surface area contributed by atoms with Crippen molar-refractivity contribution in [2.24, 2.45) is 0 Å². The summed E-state index contributed by atoms with van der Waals surface area (Å²) >= 11 is 0. The maximum absolute atomic E-state index is 12.1. The minimum atomic E-state index is 0.353. The molecule has 3 nitrogen and oxygen atoms in total. The highest BCUT2D eigenvalue weighted by Gasteiger charge is 2.06. The Bertz CT molecular complexity index is 700. The van der Waals surface area contributed by atoms with Gasteiger partial charge in [-0.25, -0.2) is 0 Å². The summed E-state index contributed by atoms with van der Waals surface area (Å²) in [4.78, 5) is 12.1. The number of hydrogen-bond acceptors (Lipinski definition) is 3. The largest absolute Gasteiger partial charge is 0.465 e. The Labute approximate surface area is 168 Å². The zero-order valence-electron chi connectivity index (χ0n) is 16.6. The summed E-state index contributed by atoms with van der Waals surface area (Å²) in [5.41, 5.74) is 2.32. The second-order valence-corrected chi connectivity index (χ2v) is 6.74. The van der Waals surface area contributed by atoms with Crippen molar-refractivity contribution in [3.05, 3.63) is 85.3 Å². The lowest BCUT2D eigenvalue weighted by Crippen LogP contribution is -1.99. The molecule has 2 rings (SSSR count). The van der Waals surface area contributed by atoms with E-state index >= 15 is 0 Å². The van der Waals surface area contributed by atoms with Crippen molar-refractivity contribution >= 4 is 5.78 Å². The first-order chi connectivity index (χ1) is 13.7. The standard InChI is InChI=1S/C25H30O3/c1-3-27-24-19-11-7-15-21(24)13-5-9-17-23(26)18-10-6-14-22-16-8-12-20-25(22)28-4-2/h3-4,7-8,11-12,15-16,19-20H,1-2,5-6,9-10,13-14,17-18H2. The third-order valence-corrected chi connectivity index (χ3v) is 4.67. The Balaban J connectivity index is 1.62. The van der Waals surface area contributed by atoms with E-state index in [1.54, 1.807) is 0 Å². The number of para-hydroxylation sites is 2. The molecule has 3 heteroatoms. The summed E-state index contributed by atoms with van der Waals surface area (Å²) in [7, 11) is 0. The quantitative estimate of drug-likeness (QED) is 0.281. The summed E-state index contributed by atoms with van der Waals surface area (Å²) < 4.78 is 10.8. The van der Waals surface area contributed by atoms with Crippen LogP contribution in [-0.2, 0) is 17.6 Å². The van der Waals surface area contributed by atoms with Gasteiger partial charge in [0, 0.05) is 12.8 Å². The third-order valence-electron chi connectivity index (χ3n) is 4.67. The molecule has 0 aromatic heterocycles. The number of unbranched alkanes of at least 4 members (excludes halogenated alkanes) is 2. The second-order valence-electron chi connectivity index (χ2n) is 6.74. The predicted octanol–water partition coefficient (Wildman–Crippen LogP) is 6.43. The molecule has 0 bridgehead atoms. The summed E-state index contributed by atoms with van der Waals surface area (Å²) in [5, 5.41) is 0. The number of aryl methyl sites for hydroxylation is 2. The highest BCUT2D eigenvalue weighted by atomic mass is 16.5. The van der Waals surface area contributed by atoms with Gasteiger partial charge in [0.2, 0.25) is 0 Å². The number of ether oxygens (including phenoxy) is 2. The molecule has 148 valence electrons. The highest BCUT2D eigenvalue weighted by Crippen LogP contribution is 2.22.